The Bertz CT molecular complexity index is 310. The predicted molar refractivity (Wildman–Crippen MR) is 53.1 cm³/mol. The summed E-state index contributed by atoms with van der Waals surface area (Å²) in [7, 11) is 1.44. The fourth-order valence-corrected chi connectivity index (χ4v) is 1.45. The number of aryl methyl sites for hydroxylation is 1. The average molecular weight is 198 g/mol. The van der Waals surface area contributed by atoms with E-state index in [0.717, 1.165) is 17.5 Å². The van der Waals surface area contributed by atoms with Crippen molar-refractivity contribution in [1.29, 1.82) is 0 Å². The highest BCUT2D eigenvalue weighted by Crippen LogP contribution is 2.25. The van der Waals surface area contributed by atoms with E-state index >= 15 is 0 Å². The van der Waals surface area contributed by atoms with Crippen molar-refractivity contribution < 1.29 is 14.2 Å². The van der Waals surface area contributed by atoms with Crippen LogP contribution >= 0.6 is 0 Å². The third kappa shape index (κ3) is 2.23. The van der Waals surface area contributed by atoms with Gasteiger partial charge in [-0.15, -0.1) is 0 Å². The van der Waals surface area contributed by atoms with Gasteiger partial charge in [-0.1, -0.05) is 13.0 Å². The number of methoxy groups -OCH3 is 1. The molecular weight excluding hydrogens is 183 g/mol. The zero-order valence-electron chi connectivity index (χ0n) is 8.51. The summed E-state index contributed by atoms with van der Waals surface area (Å²) in [5, 5.41) is 8.82. The first-order valence-corrected chi connectivity index (χ1v) is 4.69. The first-order valence-electron chi connectivity index (χ1n) is 4.69. The summed E-state index contributed by atoms with van der Waals surface area (Å²) in [6.07, 6.45) is 1.20. The fourth-order valence-electron chi connectivity index (χ4n) is 1.45. The van der Waals surface area contributed by atoms with Crippen LogP contribution in [0.2, 0.25) is 0 Å². The Labute approximate surface area is 83.3 Å². The molecule has 0 radical (unpaired) electrons. The van der Waals surface area contributed by atoms with Gasteiger partial charge in [0, 0.05) is 6.61 Å². The minimum Gasteiger partial charge on any atom is -0.493 e. The van der Waals surface area contributed by atoms with Crippen LogP contribution in [0.1, 0.15) is 18.1 Å². The zero-order chi connectivity index (χ0) is 10.6. The number of aliphatic hydroxyl groups is 1. The smallest absolute Gasteiger partial charge is 0.165 e. The van der Waals surface area contributed by atoms with Crippen molar-refractivity contribution in [3.63, 3.8) is 0 Å². The highest BCUT2D eigenvalue weighted by Gasteiger charge is 2.10. The van der Waals surface area contributed by atoms with Gasteiger partial charge in [0.15, 0.2) is 11.6 Å². The molecule has 0 unspecified atom stereocenters. The van der Waals surface area contributed by atoms with Crippen LogP contribution in [0.3, 0.4) is 0 Å². The van der Waals surface area contributed by atoms with E-state index in [4.69, 9.17) is 9.84 Å². The Hall–Kier alpha value is -1.09. The van der Waals surface area contributed by atoms with Crippen LogP contribution in [0.4, 0.5) is 4.39 Å². The Morgan fingerprint density at radius 3 is 2.64 bits per heavy atom. The van der Waals surface area contributed by atoms with Crippen LogP contribution in [0.5, 0.6) is 5.75 Å². The molecule has 14 heavy (non-hydrogen) atoms. The van der Waals surface area contributed by atoms with Gasteiger partial charge < -0.3 is 9.84 Å². The lowest BCUT2D eigenvalue weighted by Crippen LogP contribution is -2.00. The maximum atomic E-state index is 13.4. The molecule has 0 atom stereocenters. The maximum absolute atomic E-state index is 13.4. The molecule has 1 N–H and O–H groups in total. The van der Waals surface area contributed by atoms with Gasteiger partial charge in [0.05, 0.1) is 7.11 Å². The van der Waals surface area contributed by atoms with Gasteiger partial charge in [0.2, 0.25) is 0 Å². The van der Waals surface area contributed by atoms with Gasteiger partial charge in [0.25, 0.3) is 0 Å². The number of hydrogen-bond donors (Lipinski definition) is 1. The van der Waals surface area contributed by atoms with Gasteiger partial charge >= 0.3 is 0 Å². The second kappa shape index (κ2) is 4.96. The van der Waals surface area contributed by atoms with Crippen molar-refractivity contribution in [1.82, 2.24) is 0 Å². The summed E-state index contributed by atoms with van der Waals surface area (Å²) in [6, 6.07) is 3.35. The van der Waals surface area contributed by atoms with Crippen LogP contribution in [0.25, 0.3) is 0 Å². The van der Waals surface area contributed by atoms with E-state index in [0.29, 0.717) is 6.42 Å². The monoisotopic (exact) mass is 198 g/mol. The molecule has 0 amide bonds. The largest absolute Gasteiger partial charge is 0.493 e. The van der Waals surface area contributed by atoms with E-state index in [1.54, 1.807) is 0 Å². The highest BCUT2D eigenvalue weighted by molar-refractivity contribution is 5.39. The van der Waals surface area contributed by atoms with Crippen molar-refractivity contribution in [2.75, 3.05) is 13.7 Å². The molecule has 0 saturated carbocycles. The summed E-state index contributed by atoms with van der Waals surface area (Å²) in [4.78, 5) is 0. The van der Waals surface area contributed by atoms with Gasteiger partial charge in [-0.25, -0.2) is 4.39 Å². The molecule has 1 aromatic carbocycles. The van der Waals surface area contributed by atoms with Crippen LogP contribution in [0.15, 0.2) is 12.1 Å². The van der Waals surface area contributed by atoms with Crippen molar-refractivity contribution in [2.24, 2.45) is 0 Å². The number of ether oxygens (including phenoxy) is 1. The summed E-state index contributed by atoms with van der Waals surface area (Å²) >= 11 is 0. The van der Waals surface area contributed by atoms with E-state index in [1.807, 2.05) is 13.0 Å². The van der Waals surface area contributed by atoms with Gasteiger partial charge in [-0.2, -0.15) is 0 Å². The Morgan fingerprint density at radius 2 is 2.14 bits per heavy atom. The van der Waals surface area contributed by atoms with Gasteiger partial charge in [-0.05, 0) is 30.0 Å². The first-order chi connectivity index (χ1) is 6.72. The molecule has 0 saturated heterocycles. The molecular formula is C11H15FO2. The molecule has 0 heterocycles. The number of rotatable bonds is 4. The molecule has 0 spiro atoms. The minimum absolute atomic E-state index is 0.00294. The maximum Gasteiger partial charge on any atom is 0.165 e. The lowest BCUT2D eigenvalue weighted by Gasteiger charge is -2.10. The summed E-state index contributed by atoms with van der Waals surface area (Å²) in [5.41, 5.74) is 1.65. The summed E-state index contributed by atoms with van der Waals surface area (Å²) in [6.45, 7) is 1.97. The summed E-state index contributed by atoms with van der Waals surface area (Å²) < 4.78 is 18.4. The lowest BCUT2D eigenvalue weighted by atomic mass is 10.0. The van der Waals surface area contributed by atoms with E-state index in [-0.39, 0.29) is 18.2 Å². The van der Waals surface area contributed by atoms with Crippen molar-refractivity contribution >= 4 is 0 Å². The molecule has 3 heteroatoms. The molecule has 0 bridgehead atoms. The number of halogens is 1. The Balaban J connectivity index is 3.13. The summed E-state index contributed by atoms with van der Waals surface area (Å²) in [5.74, 6) is -0.105. The fraction of sp³-hybridized carbons (Fsp3) is 0.455. The highest BCUT2D eigenvalue weighted by atomic mass is 19.1. The van der Waals surface area contributed by atoms with Crippen molar-refractivity contribution in [2.45, 2.75) is 19.8 Å². The van der Waals surface area contributed by atoms with Crippen LogP contribution in [0, 0.1) is 5.82 Å². The minimum atomic E-state index is -0.352. The third-order valence-electron chi connectivity index (χ3n) is 2.17. The zero-order valence-corrected chi connectivity index (χ0v) is 8.51. The normalized spacial score (nSPS) is 10.3. The molecule has 0 aliphatic heterocycles. The molecule has 0 aliphatic carbocycles. The number of aliphatic hydroxyl groups excluding tert-OH is 1. The van der Waals surface area contributed by atoms with Crippen LogP contribution < -0.4 is 4.74 Å². The third-order valence-corrected chi connectivity index (χ3v) is 2.17. The molecule has 1 aromatic rings. The van der Waals surface area contributed by atoms with E-state index in [1.165, 1.54) is 13.2 Å². The van der Waals surface area contributed by atoms with Crippen LogP contribution in [-0.2, 0) is 12.8 Å². The standard InChI is InChI=1S/C11H15FO2/c1-3-8-6-9(4-5-13)11(14-2)10(12)7-8/h6-7,13H,3-5H2,1-2H3. The topological polar surface area (TPSA) is 29.5 Å². The number of benzene rings is 1. The second-order valence-corrected chi connectivity index (χ2v) is 3.10. The first kappa shape index (κ1) is 11.0. The van der Waals surface area contributed by atoms with Crippen molar-refractivity contribution in [3.05, 3.63) is 29.1 Å². The predicted octanol–water partition coefficient (Wildman–Crippen LogP) is 1.93. The second-order valence-electron chi connectivity index (χ2n) is 3.10. The van der Waals surface area contributed by atoms with Crippen LogP contribution in [-0.4, -0.2) is 18.8 Å². The van der Waals surface area contributed by atoms with Gasteiger partial charge in [-0.3, -0.25) is 0 Å². The van der Waals surface area contributed by atoms with E-state index in [2.05, 4.69) is 0 Å². The molecule has 2 nitrogen and oxygen atoms in total. The Kier molecular flexibility index (Phi) is 3.89. The molecule has 0 aromatic heterocycles. The van der Waals surface area contributed by atoms with E-state index in [9.17, 15) is 4.39 Å². The number of hydrogen-bond acceptors (Lipinski definition) is 2. The molecule has 78 valence electrons. The molecule has 1 rings (SSSR count). The molecule has 0 fully saturated rings. The van der Waals surface area contributed by atoms with E-state index < -0.39 is 0 Å². The average Bonchev–Trinajstić information content (AvgIpc) is 2.18. The molecule has 0 aliphatic rings. The Morgan fingerprint density at radius 1 is 1.43 bits per heavy atom. The van der Waals surface area contributed by atoms with Crippen molar-refractivity contribution in [3.8, 4) is 5.75 Å². The SMILES string of the molecule is CCc1cc(F)c(OC)c(CCO)c1. The quantitative estimate of drug-likeness (QED) is 0.801. The lowest BCUT2D eigenvalue weighted by molar-refractivity contribution is 0.295. The van der Waals surface area contributed by atoms with Gasteiger partial charge in [0.1, 0.15) is 0 Å².